The molecule has 0 bridgehead atoms. The highest BCUT2D eigenvalue weighted by Gasteiger charge is 2.11. The Labute approximate surface area is 141 Å². The third-order valence-corrected chi connectivity index (χ3v) is 4.95. The highest BCUT2D eigenvalue weighted by molar-refractivity contribution is 7.89. The van der Waals surface area contributed by atoms with Gasteiger partial charge in [-0.15, -0.1) is 0 Å². The van der Waals surface area contributed by atoms with Gasteiger partial charge >= 0.3 is 0 Å². The Morgan fingerprint density at radius 2 is 2.00 bits per heavy atom. The van der Waals surface area contributed by atoms with Crippen LogP contribution < -0.4 is 10.0 Å². The summed E-state index contributed by atoms with van der Waals surface area (Å²) >= 11 is 11.8. The summed E-state index contributed by atoms with van der Waals surface area (Å²) in [5.41, 5.74) is 0.870. The van der Waals surface area contributed by atoms with Crippen LogP contribution in [0.5, 0.6) is 0 Å². The van der Waals surface area contributed by atoms with E-state index in [0.29, 0.717) is 29.4 Å². The number of halogens is 2. The second-order valence-electron chi connectivity index (χ2n) is 4.83. The van der Waals surface area contributed by atoms with Crippen molar-refractivity contribution < 1.29 is 13.2 Å². The highest BCUT2D eigenvalue weighted by atomic mass is 35.5. The third kappa shape index (κ3) is 7.45. The fourth-order valence-corrected chi connectivity index (χ4v) is 3.37. The Kier molecular flexibility index (Phi) is 8.17. The molecule has 0 spiro atoms. The van der Waals surface area contributed by atoms with Crippen molar-refractivity contribution in [3.05, 3.63) is 33.8 Å². The zero-order valence-electron chi connectivity index (χ0n) is 12.4. The molecule has 8 heteroatoms. The van der Waals surface area contributed by atoms with Crippen molar-refractivity contribution in [3.8, 4) is 0 Å². The standard InChI is InChI=1S/C14H20Cl2N2O3S/c1-2-3-8-22(20,21)18-10-14(19)17-7-6-11-4-5-12(15)9-13(11)16/h4-5,9,18H,2-3,6-8,10H2,1H3,(H,17,19). The first-order valence-electron chi connectivity index (χ1n) is 7.02. The lowest BCUT2D eigenvalue weighted by atomic mass is 10.1. The maximum atomic E-state index is 11.6. The summed E-state index contributed by atoms with van der Waals surface area (Å²) in [4.78, 5) is 11.6. The molecule has 1 aromatic carbocycles. The third-order valence-electron chi connectivity index (χ3n) is 2.95. The number of hydrogen-bond donors (Lipinski definition) is 2. The minimum Gasteiger partial charge on any atom is -0.355 e. The average molecular weight is 367 g/mol. The van der Waals surface area contributed by atoms with E-state index in [-0.39, 0.29) is 18.2 Å². The molecular formula is C14H20Cl2N2O3S. The summed E-state index contributed by atoms with van der Waals surface area (Å²) < 4.78 is 25.4. The molecule has 0 heterocycles. The summed E-state index contributed by atoms with van der Waals surface area (Å²) in [7, 11) is -3.37. The molecule has 22 heavy (non-hydrogen) atoms. The second-order valence-corrected chi connectivity index (χ2v) is 7.60. The first kappa shape index (κ1) is 19.2. The minimum absolute atomic E-state index is 0.0389. The number of benzene rings is 1. The number of unbranched alkanes of at least 4 members (excludes halogenated alkanes) is 1. The zero-order valence-corrected chi connectivity index (χ0v) is 14.7. The molecule has 0 unspecified atom stereocenters. The Morgan fingerprint density at radius 1 is 1.27 bits per heavy atom. The number of carbonyl (C=O) groups is 1. The van der Waals surface area contributed by atoms with Crippen LogP contribution in [0.3, 0.4) is 0 Å². The van der Waals surface area contributed by atoms with Crippen molar-refractivity contribution in [1.82, 2.24) is 10.0 Å². The average Bonchev–Trinajstić information content (AvgIpc) is 2.45. The van der Waals surface area contributed by atoms with Crippen molar-refractivity contribution in [2.75, 3.05) is 18.8 Å². The second kappa shape index (κ2) is 9.35. The highest BCUT2D eigenvalue weighted by Crippen LogP contribution is 2.20. The Balaban J connectivity index is 2.31. The molecule has 0 aliphatic heterocycles. The molecule has 0 aliphatic carbocycles. The molecular weight excluding hydrogens is 347 g/mol. The van der Waals surface area contributed by atoms with Crippen LogP contribution in [0.25, 0.3) is 0 Å². The maximum Gasteiger partial charge on any atom is 0.235 e. The molecule has 1 rings (SSSR count). The molecule has 124 valence electrons. The monoisotopic (exact) mass is 366 g/mol. The summed E-state index contributed by atoms with van der Waals surface area (Å²) in [6.07, 6.45) is 1.91. The van der Waals surface area contributed by atoms with Gasteiger partial charge in [0.2, 0.25) is 15.9 Å². The van der Waals surface area contributed by atoms with Crippen molar-refractivity contribution in [1.29, 1.82) is 0 Å². The van der Waals surface area contributed by atoms with E-state index in [1.807, 2.05) is 6.92 Å². The van der Waals surface area contributed by atoms with Gasteiger partial charge in [-0.1, -0.05) is 42.6 Å². The van der Waals surface area contributed by atoms with Gasteiger partial charge in [0.1, 0.15) is 0 Å². The van der Waals surface area contributed by atoms with E-state index in [2.05, 4.69) is 10.0 Å². The van der Waals surface area contributed by atoms with Gasteiger partial charge in [-0.2, -0.15) is 0 Å². The van der Waals surface area contributed by atoms with Gasteiger partial charge < -0.3 is 5.32 Å². The Morgan fingerprint density at radius 3 is 2.64 bits per heavy atom. The van der Waals surface area contributed by atoms with Crippen LogP contribution in [0, 0.1) is 0 Å². The van der Waals surface area contributed by atoms with E-state index in [0.717, 1.165) is 12.0 Å². The van der Waals surface area contributed by atoms with Crippen LogP contribution in [0.4, 0.5) is 0 Å². The Bertz CT molecular complexity index is 606. The van der Waals surface area contributed by atoms with Gasteiger partial charge in [0.05, 0.1) is 12.3 Å². The van der Waals surface area contributed by atoms with E-state index in [4.69, 9.17) is 23.2 Å². The number of rotatable bonds is 9. The van der Waals surface area contributed by atoms with Gasteiger partial charge in [0, 0.05) is 16.6 Å². The van der Waals surface area contributed by atoms with Gasteiger partial charge in [-0.3, -0.25) is 4.79 Å². The molecule has 5 nitrogen and oxygen atoms in total. The first-order valence-corrected chi connectivity index (χ1v) is 9.43. The quantitative estimate of drug-likeness (QED) is 0.704. The number of hydrogen-bond acceptors (Lipinski definition) is 3. The molecule has 1 amide bonds. The number of nitrogens with one attached hydrogen (secondary N) is 2. The van der Waals surface area contributed by atoms with Crippen molar-refractivity contribution >= 4 is 39.1 Å². The van der Waals surface area contributed by atoms with E-state index >= 15 is 0 Å². The number of amides is 1. The van der Waals surface area contributed by atoms with Gasteiger partial charge in [-0.25, -0.2) is 13.1 Å². The van der Waals surface area contributed by atoms with E-state index in [1.165, 1.54) is 0 Å². The van der Waals surface area contributed by atoms with Crippen LogP contribution in [0.1, 0.15) is 25.3 Å². The summed E-state index contributed by atoms with van der Waals surface area (Å²) in [6.45, 7) is 2.03. The molecule has 0 saturated heterocycles. The molecule has 2 N–H and O–H groups in total. The lowest BCUT2D eigenvalue weighted by molar-refractivity contribution is -0.119. The van der Waals surface area contributed by atoms with Crippen LogP contribution in [0.15, 0.2) is 18.2 Å². The molecule has 0 saturated carbocycles. The van der Waals surface area contributed by atoms with E-state index in [9.17, 15) is 13.2 Å². The zero-order chi connectivity index (χ0) is 16.6. The van der Waals surface area contributed by atoms with Crippen molar-refractivity contribution in [2.24, 2.45) is 0 Å². The van der Waals surface area contributed by atoms with Crippen LogP contribution in [-0.4, -0.2) is 33.2 Å². The molecule has 0 aromatic heterocycles. The van der Waals surface area contributed by atoms with E-state index < -0.39 is 10.0 Å². The predicted molar refractivity (Wildman–Crippen MR) is 89.9 cm³/mol. The van der Waals surface area contributed by atoms with E-state index in [1.54, 1.807) is 18.2 Å². The van der Waals surface area contributed by atoms with Crippen LogP contribution in [0.2, 0.25) is 10.0 Å². The van der Waals surface area contributed by atoms with Crippen molar-refractivity contribution in [2.45, 2.75) is 26.2 Å². The van der Waals surface area contributed by atoms with Crippen LogP contribution >= 0.6 is 23.2 Å². The molecule has 0 fully saturated rings. The number of sulfonamides is 1. The summed E-state index contributed by atoms with van der Waals surface area (Å²) in [5, 5.41) is 3.74. The molecule has 0 aliphatic rings. The first-order chi connectivity index (χ1) is 10.3. The topological polar surface area (TPSA) is 75.3 Å². The molecule has 1 aromatic rings. The Hall–Kier alpha value is -0.820. The van der Waals surface area contributed by atoms with Gasteiger partial charge in [-0.05, 0) is 30.5 Å². The van der Waals surface area contributed by atoms with Crippen molar-refractivity contribution in [3.63, 3.8) is 0 Å². The number of carbonyl (C=O) groups excluding carboxylic acids is 1. The minimum atomic E-state index is -3.37. The maximum absolute atomic E-state index is 11.6. The smallest absolute Gasteiger partial charge is 0.235 e. The molecule has 0 radical (unpaired) electrons. The lowest BCUT2D eigenvalue weighted by Crippen LogP contribution is -2.38. The predicted octanol–water partition coefficient (Wildman–Crippen LogP) is 2.37. The largest absolute Gasteiger partial charge is 0.355 e. The lowest BCUT2D eigenvalue weighted by Gasteiger charge is -2.08. The van der Waals surface area contributed by atoms with Gasteiger partial charge in [0.15, 0.2) is 0 Å². The fraction of sp³-hybridized carbons (Fsp3) is 0.500. The van der Waals surface area contributed by atoms with Gasteiger partial charge in [0.25, 0.3) is 0 Å². The normalized spacial score (nSPS) is 11.4. The summed E-state index contributed by atoms with van der Waals surface area (Å²) in [5.74, 6) is -0.331. The van der Waals surface area contributed by atoms with Crippen LogP contribution in [-0.2, 0) is 21.2 Å². The molecule has 0 atom stereocenters. The summed E-state index contributed by atoms with van der Waals surface area (Å²) in [6, 6.07) is 5.17. The SMILES string of the molecule is CCCCS(=O)(=O)NCC(=O)NCCc1ccc(Cl)cc1Cl. The fourth-order valence-electron chi connectivity index (χ4n) is 1.71.